The van der Waals surface area contributed by atoms with Gasteiger partial charge in [0.25, 0.3) is 0 Å². The van der Waals surface area contributed by atoms with Gasteiger partial charge in [0.1, 0.15) is 0 Å². The van der Waals surface area contributed by atoms with Gasteiger partial charge in [-0.25, -0.2) is 13.1 Å². The molecule has 1 heterocycles. The van der Waals surface area contributed by atoms with E-state index >= 15 is 0 Å². The first-order valence-electron chi connectivity index (χ1n) is 7.56. The fraction of sp³-hybridized carbons (Fsp3) is 0.600. The lowest BCUT2D eigenvalue weighted by Crippen LogP contribution is -2.40. The Bertz CT molecular complexity index is 578. The number of hydrogen-bond acceptors (Lipinski definition) is 4. The van der Waals surface area contributed by atoms with Crippen LogP contribution in [0.4, 0.5) is 0 Å². The zero-order chi connectivity index (χ0) is 14.7. The van der Waals surface area contributed by atoms with Gasteiger partial charge in [0.05, 0.1) is 11.5 Å². The molecule has 0 radical (unpaired) electrons. The van der Waals surface area contributed by atoms with Gasteiger partial charge >= 0.3 is 0 Å². The van der Waals surface area contributed by atoms with Crippen LogP contribution >= 0.6 is 0 Å². The lowest BCUT2D eigenvalue weighted by Gasteiger charge is -2.23. The van der Waals surface area contributed by atoms with E-state index in [0.717, 1.165) is 31.6 Å². The Morgan fingerprint density at radius 2 is 2.05 bits per heavy atom. The fourth-order valence-corrected chi connectivity index (χ4v) is 3.82. The molecule has 1 aromatic rings. The smallest absolute Gasteiger partial charge is 0.240 e. The molecule has 0 aromatic heterocycles. The molecule has 1 unspecified atom stereocenters. The number of hydrogen-bond donors (Lipinski definition) is 2. The van der Waals surface area contributed by atoms with Crippen molar-refractivity contribution < 1.29 is 13.2 Å². The van der Waals surface area contributed by atoms with Crippen LogP contribution in [0.2, 0.25) is 0 Å². The van der Waals surface area contributed by atoms with Gasteiger partial charge in [0.2, 0.25) is 10.0 Å². The highest BCUT2D eigenvalue weighted by Gasteiger charge is 2.23. The maximum Gasteiger partial charge on any atom is 0.240 e. The summed E-state index contributed by atoms with van der Waals surface area (Å²) in [5.41, 5.74) is 1.00. The van der Waals surface area contributed by atoms with Crippen molar-refractivity contribution in [3.63, 3.8) is 0 Å². The zero-order valence-electron chi connectivity index (χ0n) is 12.0. The van der Waals surface area contributed by atoms with Gasteiger partial charge in [-0.2, -0.15) is 0 Å². The summed E-state index contributed by atoms with van der Waals surface area (Å²) < 4.78 is 32.9. The molecule has 2 fully saturated rings. The maximum atomic E-state index is 12.4. The summed E-state index contributed by atoms with van der Waals surface area (Å²) in [6.07, 6.45) is 4.18. The molecule has 2 aliphatic rings. The molecular weight excluding hydrogens is 288 g/mol. The van der Waals surface area contributed by atoms with Crippen LogP contribution in [0.25, 0.3) is 0 Å². The Labute approximate surface area is 126 Å². The lowest BCUT2D eigenvalue weighted by atomic mass is 10.1. The molecule has 2 N–H and O–H groups in total. The van der Waals surface area contributed by atoms with Crippen LogP contribution < -0.4 is 10.0 Å². The second-order valence-electron chi connectivity index (χ2n) is 5.84. The maximum absolute atomic E-state index is 12.4. The molecule has 1 aromatic carbocycles. The molecule has 1 aliphatic carbocycles. The number of rotatable bonds is 6. The van der Waals surface area contributed by atoms with Crippen molar-refractivity contribution in [3.8, 4) is 0 Å². The minimum atomic E-state index is -3.46. The van der Waals surface area contributed by atoms with Crippen LogP contribution in [0.15, 0.2) is 29.2 Å². The van der Waals surface area contributed by atoms with Gasteiger partial charge in [-0.15, -0.1) is 0 Å². The Kier molecular flexibility index (Phi) is 4.59. The standard InChI is InChI=1S/C15H22N2O3S/c18-21(19,17-14-4-2-8-20-11-14)15-5-1-3-12(9-15)10-16-13-6-7-13/h1,3,5,9,13-14,16-17H,2,4,6-8,10-11H2. The van der Waals surface area contributed by atoms with Crippen LogP contribution in [-0.4, -0.2) is 33.7 Å². The van der Waals surface area contributed by atoms with Crippen molar-refractivity contribution in [2.24, 2.45) is 0 Å². The minimum absolute atomic E-state index is 0.114. The van der Waals surface area contributed by atoms with Gasteiger partial charge in [-0.1, -0.05) is 12.1 Å². The average Bonchev–Trinajstić information content (AvgIpc) is 3.30. The molecule has 1 saturated carbocycles. The van der Waals surface area contributed by atoms with Gasteiger partial charge in [-0.05, 0) is 43.4 Å². The molecule has 21 heavy (non-hydrogen) atoms. The number of benzene rings is 1. The molecule has 0 bridgehead atoms. The largest absolute Gasteiger partial charge is 0.380 e. The van der Waals surface area contributed by atoms with Crippen molar-refractivity contribution >= 4 is 10.0 Å². The molecular formula is C15H22N2O3S. The van der Waals surface area contributed by atoms with Gasteiger partial charge in [0, 0.05) is 25.2 Å². The second-order valence-corrected chi connectivity index (χ2v) is 7.55. The molecule has 5 nitrogen and oxygen atoms in total. The quantitative estimate of drug-likeness (QED) is 0.833. The molecule has 0 spiro atoms. The number of sulfonamides is 1. The lowest BCUT2D eigenvalue weighted by molar-refractivity contribution is 0.0774. The van der Waals surface area contributed by atoms with Crippen molar-refractivity contribution in [2.45, 2.75) is 49.2 Å². The van der Waals surface area contributed by atoms with Crippen molar-refractivity contribution in [1.29, 1.82) is 0 Å². The summed E-state index contributed by atoms with van der Waals surface area (Å²) in [7, 11) is -3.46. The van der Waals surface area contributed by atoms with Crippen molar-refractivity contribution in [3.05, 3.63) is 29.8 Å². The molecule has 3 rings (SSSR count). The zero-order valence-corrected chi connectivity index (χ0v) is 12.9. The van der Waals surface area contributed by atoms with Gasteiger partial charge < -0.3 is 10.1 Å². The molecule has 116 valence electrons. The first kappa shape index (κ1) is 15.0. The van der Waals surface area contributed by atoms with E-state index in [1.807, 2.05) is 6.07 Å². The Morgan fingerprint density at radius 1 is 1.19 bits per heavy atom. The van der Waals surface area contributed by atoms with Gasteiger partial charge in [-0.3, -0.25) is 0 Å². The van der Waals surface area contributed by atoms with Crippen LogP contribution in [0.5, 0.6) is 0 Å². The summed E-state index contributed by atoms with van der Waals surface area (Å²) in [5, 5.41) is 3.40. The normalized spacial score (nSPS) is 23.1. The average molecular weight is 310 g/mol. The predicted molar refractivity (Wildman–Crippen MR) is 80.5 cm³/mol. The molecule has 1 aliphatic heterocycles. The Hall–Kier alpha value is -0.950. The predicted octanol–water partition coefficient (Wildman–Crippen LogP) is 1.40. The van der Waals surface area contributed by atoms with Crippen LogP contribution in [0.3, 0.4) is 0 Å². The van der Waals surface area contributed by atoms with Crippen LogP contribution in [-0.2, 0) is 21.3 Å². The Balaban J connectivity index is 1.66. The summed E-state index contributed by atoms with van der Waals surface area (Å²) in [4.78, 5) is 0.336. The third kappa shape index (κ3) is 4.26. The Morgan fingerprint density at radius 3 is 2.76 bits per heavy atom. The highest BCUT2D eigenvalue weighted by molar-refractivity contribution is 7.89. The molecule has 1 atom stereocenters. The summed E-state index contributed by atoms with van der Waals surface area (Å²) in [5.74, 6) is 0. The van der Waals surface area contributed by atoms with E-state index in [1.54, 1.807) is 18.2 Å². The topological polar surface area (TPSA) is 67.4 Å². The summed E-state index contributed by atoms with van der Waals surface area (Å²) in [6, 6.07) is 7.65. The number of ether oxygens (including phenoxy) is 1. The summed E-state index contributed by atoms with van der Waals surface area (Å²) >= 11 is 0. The van der Waals surface area contributed by atoms with E-state index in [9.17, 15) is 8.42 Å². The van der Waals surface area contributed by atoms with E-state index in [0.29, 0.717) is 17.5 Å². The first-order chi connectivity index (χ1) is 10.1. The van der Waals surface area contributed by atoms with E-state index in [4.69, 9.17) is 4.74 Å². The molecule has 1 saturated heterocycles. The van der Waals surface area contributed by atoms with Crippen LogP contribution in [0.1, 0.15) is 31.2 Å². The van der Waals surface area contributed by atoms with E-state index < -0.39 is 10.0 Å². The minimum Gasteiger partial charge on any atom is -0.380 e. The second kappa shape index (κ2) is 6.44. The van der Waals surface area contributed by atoms with E-state index in [1.165, 1.54) is 12.8 Å². The monoisotopic (exact) mass is 310 g/mol. The third-order valence-corrected chi connectivity index (χ3v) is 5.38. The van der Waals surface area contributed by atoms with E-state index in [2.05, 4.69) is 10.0 Å². The highest BCUT2D eigenvalue weighted by Crippen LogP contribution is 2.20. The molecule has 0 amide bonds. The summed E-state index contributed by atoms with van der Waals surface area (Å²) in [6.45, 7) is 1.91. The fourth-order valence-electron chi connectivity index (χ4n) is 2.49. The molecule has 6 heteroatoms. The van der Waals surface area contributed by atoms with E-state index in [-0.39, 0.29) is 6.04 Å². The third-order valence-electron chi connectivity index (χ3n) is 3.86. The first-order valence-corrected chi connectivity index (χ1v) is 9.04. The van der Waals surface area contributed by atoms with Crippen molar-refractivity contribution in [2.75, 3.05) is 13.2 Å². The van der Waals surface area contributed by atoms with Crippen LogP contribution in [0, 0.1) is 0 Å². The van der Waals surface area contributed by atoms with Gasteiger partial charge in [0.15, 0.2) is 0 Å². The SMILES string of the molecule is O=S(=O)(NC1CCCOC1)c1cccc(CNC2CC2)c1. The highest BCUT2D eigenvalue weighted by atomic mass is 32.2. The number of nitrogens with one attached hydrogen (secondary N) is 2. The van der Waals surface area contributed by atoms with Crippen molar-refractivity contribution in [1.82, 2.24) is 10.0 Å².